The van der Waals surface area contributed by atoms with Gasteiger partial charge in [-0.25, -0.2) is 0 Å². The summed E-state index contributed by atoms with van der Waals surface area (Å²) in [7, 11) is 0. The summed E-state index contributed by atoms with van der Waals surface area (Å²) in [6.07, 6.45) is 4.08. The fraction of sp³-hybridized carbons (Fsp3) is 0.632. The van der Waals surface area contributed by atoms with Gasteiger partial charge in [0, 0.05) is 25.3 Å². The van der Waals surface area contributed by atoms with Crippen molar-refractivity contribution in [3.05, 3.63) is 29.8 Å². The Bertz CT molecular complexity index is 496. The first-order valence-corrected chi connectivity index (χ1v) is 9.01. The number of likely N-dealkylation sites (tertiary alicyclic amines) is 1. The SMILES string of the molecule is CCC(C)Oc1ccc(C(=O)N2CCC(OCCCN)CC2)cc1. The van der Waals surface area contributed by atoms with Crippen molar-refractivity contribution >= 4 is 5.91 Å². The van der Waals surface area contributed by atoms with E-state index < -0.39 is 0 Å². The van der Waals surface area contributed by atoms with Gasteiger partial charge in [0.15, 0.2) is 0 Å². The first-order valence-electron chi connectivity index (χ1n) is 9.01. The minimum atomic E-state index is 0.0884. The van der Waals surface area contributed by atoms with Crippen molar-refractivity contribution in [1.82, 2.24) is 4.90 Å². The van der Waals surface area contributed by atoms with Gasteiger partial charge in [-0.3, -0.25) is 4.79 Å². The van der Waals surface area contributed by atoms with Gasteiger partial charge in [0.2, 0.25) is 0 Å². The lowest BCUT2D eigenvalue weighted by Crippen LogP contribution is -2.41. The number of amides is 1. The molecule has 1 aliphatic heterocycles. The molecule has 1 aromatic rings. The predicted octanol–water partition coefficient (Wildman–Crippen LogP) is 2.83. The second-order valence-corrected chi connectivity index (χ2v) is 6.37. The van der Waals surface area contributed by atoms with Crippen molar-refractivity contribution in [1.29, 1.82) is 0 Å². The fourth-order valence-corrected chi connectivity index (χ4v) is 2.73. The van der Waals surface area contributed by atoms with Crippen LogP contribution in [0.1, 0.15) is 49.9 Å². The van der Waals surface area contributed by atoms with Crippen LogP contribution in [0.15, 0.2) is 24.3 Å². The average Bonchev–Trinajstić information content (AvgIpc) is 2.62. The smallest absolute Gasteiger partial charge is 0.253 e. The maximum atomic E-state index is 12.6. The van der Waals surface area contributed by atoms with E-state index >= 15 is 0 Å². The molecule has 1 saturated heterocycles. The van der Waals surface area contributed by atoms with Crippen LogP contribution >= 0.6 is 0 Å². The quantitative estimate of drug-likeness (QED) is 0.743. The lowest BCUT2D eigenvalue weighted by Gasteiger charge is -2.32. The van der Waals surface area contributed by atoms with Crippen LogP contribution < -0.4 is 10.5 Å². The predicted molar refractivity (Wildman–Crippen MR) is 95.4 cm³/mol. The van der Waals surface area contributed by atoms with Crippen LogP contribution in [0.2, 0.25) is 0 Å². The van der Waals surface area contributed by atoms with Gasteiger partial charge in [-0.15, -0.1) is 0 Å². The third-order valence-electron chi connectivity index (χ3n) is 4.44. The average molecular weight is 334 g/mol. The number of rotatable bonds is 8. The molecule has 2 rings (SSSR count). The van der Waals surface area contributed by atoms with Crippen molar-refractivity contribution in [3.63, 3.8) is 0 Å². The molecule has 134 valence electrons. The minimum Gasteiger partial charge on any atom is -0.491 e. The highest BCUT2D eigenvalue weighted by Gasteiger charge is 2.24. The molecular weight excluding hydrogens is 304 g/mol. The molecule has 0 aliphatic carbocycles. The minimum absolute atomic E-state index is 0.0884. The summed E-state index contributed by atoms with van der Waals surface area (Å²) >= 11 is 0. The molecule has 5 nitrogen and oxygen atoms in total. The van der Waals surface area contributed by atoms with E-state index in [0.717, 1.165) is 44.5 Å². The summed E-state index contributed by atoms with van der Waals surface area (Å²) in [6.45, 7) is 7.00. The van der Waals surface area contributed by atoms with Crippen LogP contribution in [-0.4, -0.2) is 49.3 Å². The number of hydrogen-bond acceptors (Lipinski definition) is 4. The maximum absolute atomic E-state index is 12.6. The van der Waals surface area contributed by atoms with Gasteiger partial charge in [0.1, 0.15) is 5.75 Å². The standard InChI is InChI=1S/C19H30N2O3/c1-3-15(2)24-18-7-5-16(6-8-18)19(22)21-12-9-17(10-13-21)23-14-4-11-20/h5-8,15,17H,3-4,9-14,20H2,1-2H3. The third kappa shape index (κ3) is 5.49. The molecule has 0 radical (unpaired) electrons. The normalized spacial score (nSPS) is 16.9. The number of piperidine rings is 1. The molecule has 1 aromatic carbocycles. The summed E-state index contributed by atoms with van der Waals surface area (Å²) in [5.74, 6) is 0.901. The molecule has 1 aliphatic rings. The lowest BCUT2D eigenvalue weighted by atomic mass is 10.1. The molecule has 1 heterocycles. The van der Waals surface area contributed by atoms with Gasteiger partial charge in [-0.2, -0.15) is 0 Å². The number of benzene rings is 1. The van der Waals surface area contributed by atoms with Crippen molar-refractivity contribution in [2.75, 3.05) is 26.2 Å². The number of hydrogen-bond donors (Lipinski definition) is 1. The van der Waals surface area contributed by atoms with Crippen molar-refractivity contribution in [2.45, 2.75) is 51.7 Å². The number of ether oxygens (including phenoxy) is 2. The number of carbonyl (C=O) groups excluding carboxylic acids is 1. The summed E-state index contributed by atoms with van der Waals surface area (Å²) in [6, 6.07) is 7.46. The van der Waals surface area contributed by atoms with Gasteiger partial charge >= 0.3 is 0 Å². The maximum Gasteiger partial charge on any atom is 0.253 e. The summed E-state index contributed by atoms with van der Waals surface area (Å²) in [5.41, 5.74) is 6.19. The Balaban J connectivity index is 1.82. The molecular formula is C19H30N2O3. The van der Waals surface area contributed by atoms with Crippen LogP contribution in [0.25, 0.3) is 0 Å². The Labute approximate surface area is 145 Å². The Morgan fingerprint density at radius 3 is 2.54 bits per heavy atom. The number of carbonyl (C=O) groups is 1. The third-order valence-corrected chi connectivity index (χ3v) is 4.44. The van der Waals surface area contributed by atoms with Crippen LogP contribution in [0.5, 0.6) is 5.75 Å². The molecule has 1 fully saturated rings. The molecule has 1 unspecified atom stereocenters. The highest BCUT2D eigenvalue weighted by atomic mass is 16.5. The molecule has 2 N–H and O–H groups in total. The van der Waals surface area contributed by atoms with Crippen LogP contribution in [0.3, 0.4) is 0 Å². The fourth-order valence-electron chi connectivity index (χ4n) is 2.73. The second-order valence-electron chi connectivity index (χ2n) is 6.37. The molecule has 0 aromatic heterocycles. The molecule has 5 heteroatoms. The van der Waals surface area contributed by atoms with Crippen molar-refractivity contribution < 1.29 is 14.3 Å². The van der Waals surface area contributed by atoms with E-state index in [0.29, 0.717) is 18.7 Å². The molecule has 1 atom stereocenters. The zero-order valence-electron chi connectivity index (χ0n) is 14.9. The zero-order chi connectivity index (χ0) is 17.4. The summed E-state index contributed by atoms with van der Waals surface area (Å²) in [4.78, 5) is 14.5. The first kappa shape index (κ1) is 18.7. The molecule has 24 heavy (non-hydrogen) atoms. The second kappa shape index (κ2) is 9.64. The van der Waals surface area contributed by atoms with Gasteiger partial charge in [-0.1, -0.05) is 6.92 Å². The van der Waals surface area contributed by atoms with E-state index in [4.69, 9.17) is 15.2 Å². The summed E-state index contributed by atoms with van der Waals surface area (Å²) < 4.78 is 11.5. The summed E-state index contributed by atoms with van der Waals surface area (Å²) in [5, 5.41) is 0. The molecule has 1 amide bonds. The number of nitrogens with two attached hydrogens (primary N) is 1. The largest absolute Gasteiger partial charge is 0.491 e. The highest BCUT2D eigenvalue weighted by Crippen LogP contribution is 2.19. The van der Waals surface area contributed by atoms with Crippen LogP contribution in [0.4, 0.5) is 0 Å². The van der Waals surface area contributed by atoms with E-state index in [1.54, 1.807) is 0 Å². The number of nitrogens with zero attached hydrogens (tertiary/aromatic N) is 1. The molecule has 0 spiro atoms. The van der Waals surface area contributed by atoms with Crippen molar-refractivity contribution in [3.8, 4) is 5.75 Å². The Morgan fingerprint density at radius 1 is 1.29 bits per heavy atom. The van der Waals surface area contributed by atoms with E-state index in [1.807, 2.05) is 36.1 Å². The van der Waals surface area contributed by atoms with Crippen LogP contribution in [-0.2, 0) is 4.74 Å². The van der Waals surface area contributed by atoms with E-state index in [1.165, 1.54) is 0 Å². The van der Waals surface area contributed by atoms with Gasteiger partial charge in [-0.05, 0) is 63.4 Å². The topological polar surface area (TPSA) is 64.8 Å². The van der Waals surface area contributed by atoms with Crippen molar-refractivity contribution in [2.24, 2.45) is 5.73 Å². The molecule has 0 saturated carbocycles. The van der Waals surface area contributed by atoms with Crippen LogP contribution in [0, 0.1) is 0 Å². The van der Waals surface area contributed by atoms with Gasteiger partial charge in [0.25, 0.3) is 5.91 Å². The van der Waals surface area contributed by atoms with Gasteiger partial charge in [0.05, 0.1) is 12.2 Å². The van der Waals surface area contributed by atoms with E-state index in [-0.39, 0.29) is 18.1 Å². The Kier molecular flexibility index (Phi) is 7.53. The lowest BCUT2D eigenvalue weighted by molar-refractivity contribution is 0.00845. The first-order chi connectivity index (χ1) is 11.6. The van der Waals surface area contributed by atoms with Gasteiger partial charge < -0.3 is 20.1 Å². The molecule has 0 bridgehead atoms. The zero-order valence-corrected chi connectivity index (χ0v) is 14.9. The van der Waals surface area contributed by atoms with E-state index in [9.17, 15) is 4.79 Å². The Hall–Kier alpha value is -1.59. The monoisotopic (exact) mass is 334 g/mol. The van der Waals surface area contributed by atoms with E-state index in [2.05, 4.69) is 6.92 Å². The highest BCUT2D eigenvalue weighted by molar-refractivity contribution is 5.94. The Morgan fingerprint density at radius 2 is 1.96 bits per heavy atom.